The molecule has 0 aliphatic carbocycles. The Morgan fingerprint density at radius 3 is 1.61 bits per heavy atom. The fraction of sp³-hybridized carbons (Fsp3) is 0.125. The van der Waals surface area contributed by atoms with Crippen molar-refractivity contribution in [2.24, 2.45) is 0 Å². The maximum atomic E-state index is 10.3. The van der Waals surface area contributed by atoms with Gasteiger partial charge < -0.3 is 9.67 Å². The molecule has 0 spiro atoms. The number of imidazole rings is 1. The van der Waals surface area contributed by atoms with E-state index in [2.05, 4.69) is 105 Å². The van der Waals surface area contributed by atoms with Crippen LogP contribution in [0.3, 0.4) is 0 Å². The van der Waals surface area contributed by atoms with Crippen LogP contribution >= 0.6 is 22.6 Å². The highest BCUT2D eigenvalue weighted by Gasteiger charge is 2.38. The van der Waals surface area contributed by atoms with Crippen LogP contribution in [0.15, 0.2) is 104 Å². The van der Waals surface area contributed by atoms with Gasteiger partial charge in [0.1, 0.15) is 11.6 Å². The van der Waals surface area contributed by atoms with Crippen molar-refractivity contribution in [1.29, 1.82) is 0 Å². The van der Waals surface area contributed by atoms with Crippen LogP contribution in [0, 0.1) is 0 Å². The van der Waals surface area contributed by atoms with Crippen molar-refractivity contribution in [2.45, 2.75) is 11.6 Å². The Labute approximate surface area is 178 Å². The molecule has 1 heterocycles. The molecule has 1 aromatic heterocycles. The summed E-state index contributed by atoms with van der Waals surface area (Å²) in [6.45, 7) is 0. The Bertz CT molecular complexity index is 920. The fourth-order valence-electron chi connectivity index (χ4n) is 3.76. The zero-order valence-corrected chi connectivity index (χ0v) is 17.5. The SMILES string of the molecule is OC(CI)c1cn(C(c2ccccc2)(c2ccccc2)c2ccccc2)cn1. The van der Waals surface area contributed by atoms with Gasteiger partial charge in [0.05, 0.1) is 12.0 Å². The maximum absolute atomic E-state index is 10.3. The van der Waals surface area contributed by atoms with E-state index in [-0.39, 0.29) is 0 Å². The zero-order valence-electron chi connectivity index (χ0n) is 15.3. The number of hydrogen-bond donors (Lipinski definition) is 1. The molecule has 0 aliphatic rings. The third kappa shape index (κ3) is 3.27. The third-order valence-electron chi connectivity index (χ3n) is 5.05. The third-order valence-corrected chi connectivity index (χ3v) is 5.89. The van der Waals surface area contributed by atoms with Gasteiger partial charge in [-0.3, -0.25) is 0 Å². The van der Waals surface area contributed by atoms with Crippen molar-refractivity contribution in [2.75, 3.05) is 4.43 Å². The number of hydrogen-bond acceptors (Lipinski definition) is 2. The highest BCUT2D eigenvalue weighted by molar-refractivity contribution is 14.1. The molecule has 1 atom stereocenters. The van der Waals surface area contributed by atoms with E-state index in [9.17, 15) is 5.11 Å². The summed E-state index contributed by atoms with van der Waals surface area (Å²) in [6.07, 6.45) is 3.22. The molecule has 0 amide bonds. The van der Waals surface area contributed by atoms with E-state index in [1.54, 1.807) is 0 Å². The van der Waals surface area contributed by atoms with Crippen LogP contribution in [0.2, 0.25) is 0 Å². The number of aliphatic hydroxyl groups is 1. The first-order valence-corrected chi connectivity index (χ1v) is 10.7. The second kappa shape index (κ2) is 8.29. The number of rotatable bonds is 6. The highest BCUT2D eigenvalue weighted by atomic mass is 127. The average Bonchev–Trinajstić information content (AvgIpc) is 3.26. The average molecular weight is 480 g/mol. The van der Waals surface area contributed by atoms with Gasteiger partial charge in [-0.2, -0.15) is 0 Å². The van der Waals surface area contributed by atoms with E-state index in [1.165, 1.54) is 0 Å². The lowest BCUT2D eigenvalue weighted by Gasteiger charge is -2.37. The van der Waals surface area contributed by atoms with Gasteiger partial charge in [0.25, 0.3) is 0 Å². The maximum Gasteiger partial charge on any atom is 0.121 e. The first kappa shape index (κ1) is 18.9. The summed E-state index contributed by atoms with van der Waals surface area (Å²) < 4.78 is 2.72. The quantitative estimate of drug-likeness (QED) is 0.234. The molecule has 1 unspecified atom stereocenters. The standard InChI is InChI=1S/C24H21IN2O/c25-16-23(28)22-17-27(18-26-22)24(19-10-4-1-5-11-19,20-12-6-2-7-13-20)21-14-8-3-9-15-21/h1-15,17-18,23,28H,16H2. The van der Waals surface area contributed by atoms with Gasteiger partial charge in [0, 0.05) is 10.6 Å². The van der Waals surface area contributed by atoms with Crippen molar-refractivity contribution in [3.63, 3.8) is 0 Å². The topological polar surface area (TPSA) is 38.0 Å². The Morgan fingerprint density at radius 2 is 1.21 bits per heavy atom. The number of halogens is 1. The number of nitrogens with zero attached hydrogens (tertiary/aromatic N) is 2. The molecule has 1 N–H and O–H groups in total. The van der Waals surface area contributed by atoms with E-state index >= 15 is 0 Å². The molecule has 0 saturated carbocycles. The summed E-state index contributed by atoms with van der Waals surface area (Å²) in [7, 11) is 0. The first-order chi connectivity index (χ1) is 13.8. The lowest BCUT2D eigenvalue weighted by atomic mass is 9.77. The van der Waals surface area contributed by atoms with Crippen molar-refractivity contribution < 1.29 is 5.11 Å². The van der Waals surface area contributed by atoms with Crippen molar-refractivity contribution in [3.8, 4) is 0 Å². The van der Waals surface area contributed by atoms with Crippen molar-refractivity contribution >= 4 is 22.6 Å². The second-order valence-corrected chi connectivity index (χ2v) is 7.57. The van der Waals surface area contributed by atoms with Crippen LogP contribution in [-0.4, -0.2) is 19.1 Å². The van der Waals surface area contributed by atoms with Gasteiger partial charge in [-0.05, 0) is 16.7 Å². The van der Waals surface area contributed by atoms with Gasteiger partial charge in [0.2, 0.25) is 0 Å². The lowest BCUT2D eigenvalue weighted by molar-refractivity contribution is 0.202. The molecular formula is C24H21IN2O. The molecule has 4 aromatic rings. The summed E-state index contributed by atoms with van der Waals surface area (Å²) in [4.78, 5) is 4.54. The lowest BCUT2D eigenvalue weighted by Crippen LogP contribution is -2.37. The molecule has 4 rings (SSSR count). The van der Waals surface area contributed by atoms with Gasteiger partial charge in [-0.15, -0.1) is 0 Å². The highest BCUT2D eigenvalue weighted by Crippen LogP contribution is 2.41. The zero-order chi connectivity index (χ0) is 19.4. The molecule has 3 aromatic carbocycles. The van der Waals surface area contributed by atoms with Gasteiger partial charge in [0.15, 0.2) is 0 Å². The van der Waals surface area contributed by atoms with E-state index in [1.807, 2.05) is 30.7 Å². The molecule has 0 bridgehead atoms. The molecule has 0 saturated heterocycles. The number of aromatic nitrogens is 2. The Hall–Kier alpha value is -2.44. The largest absolute Gasteiger partial charge is 0.386 e. The van der Waals surface area contributed by atoms with Crippen LogP contribution in [0.4, 0.5) is 0 Å². The van der Waals surface area contributed by atoms with Crippen molar-refractivity contribution in [1.82, 2.24) is 9.55 Å². The van der Waals surface area contributed by atoms with Gasteiger partial charge in [-0.25, -0.2) is 4.98 Å². The Kier molecular flexibility index (Phi) is 5.59. The normalized spacial score (nSPS) is 12.6. The van der Waals surface area contributed by atoms with E-state index in [0.29, 0.717) is 10.1 Å². The van der Waals surface area contributed by atoms with E-state index in [0.717, 1.165) is 16.7 Å². The molecule has 140 valence electrons. The van der Waals surface area contributed by atoms with Crippen LogP contribution in [0.25, 0.3) is 0 Å². The fourth-order valence-corrected chi connectivity index (χ4v) is 4.21. The molecule has 4 heteroatoms. The minimum atomic E-state index is -0.583. The summed E-state index contributed by atoms with van der Waals surface area (Å²) >= 11 is 2.18. The minimum absolute atomic E-state index is 0.582. The first-order valence-electron chi connectivity index (χ1n) is 9.21. The molecule has 0 aliphatic heterocycles. The van der Waals surface area contributed by atoms with E-state index in [4.69, 9.17) is 0 Å². The predicted molar refractivity (Wildman–Crippen MR) is 121 cm³/mol. The molecular weight excluding hydrogens is 459 g/mol. The van der Waals surface area contributed by atoms with Crippen LogP contribution < -0.4 is 0 Å². The summed E-state index contributed by atoms with van der Waals surface area (Å²) in [5, 5.41) is 10.3. The second-order valence-electron chi connectivity index (χ2n) is 6.68. The number of benzene rings is 3. The van der Waals surface area contributed by atoms with Crippen LogP contribution in [0.1, 0.15) is 28.5 Å². The Balaban J connectivity index is 2.06. The molecule has 3 nitrogen and oxygen atoms in total. The monoisotopic (exact) mass is 480 g/mol. The van der Waals surface area contributed by atoms with Gasteiger partial charge >= 0.3 is 0 Å². The minimum Gasteiger partial charge on any atom is -0.386 e. The van der Waals surface area contributed by atoms with Crippen LogP contribution in [0.5, 0.6) is 0 Å². The molecule has 0 radical (unpaired) electrons. The molecule has 28 heavy (non-hydrogen) atoms. The predicted octanol–water partition coefficient (Wildman–Crippen LogP) is 5.19. The summed E-state index contributed by atoms with van der Waals surface area (Å²) in [5.41, 5.74) is 3.52. The summed E-state index contributed by atoms with van der Waals surface area (Å²) in [6, 6.07) is 31.4. The van der Waals surface area contributed by atoms with Crippen molar-refractivity contribution in [3.05, 3.63) is 126 Å². The number of aliphatic hydroxyl groups excluding tert-OH is 1. The Morgan fingerprint density at radius 1 is 0.786 bits per heavy atom. The van der Waals surface area contributed by atoms with Gasteiger partial charge in [-0.1, -0.05) is 114 Å². The smallest absolute Gasteiger partial charge is 0.121 e. The molecule has 0 fully saturated rings. The number of alkyl halides is 1. The van der Waals surface area contributed by atoms with E-state index < -0.39 is 11.6 Å². The summed E-state index contributed by atoms with van der Waals surface area (Å²) in [5.74, 6) is 0. The van der Waals surface area contributed by atoms with Crippen LogP contribution in [-0.2, 0) is 5.54 Å².